The van der Waals surface area contributed by atoms with Gasteiger partial charge in [0.2, 0.25) is 5.91 Å². The Hall–Kier alpha value is -1.72. The molecule has 1 amide bonds. The molecule has 2 atom stereocenters. The summed E-state index contributed by atoms with van der Waals surface area (Å²) in [5.41, 5.74) is 2.08. The number of benzene rings is 1. The van der Waals surface area contributed by atoms with Gasteiger partial charge in [-0.05, 0) is 54.5 Å². The maximum atomic E-state index is 13.1. The number of carbonyl (C=O) groups is 1. The minimum absolute atomic E-state index is 0.0810. The first-order valence-corrected chi connectivity index (χ1v) is 9.08. The molecule has 1 aromatic carbocycles. The van der Waals surface area contributed by atoms with Crippen LogP contribution in [0.4, 0.5) is 4.39 Å². The summed E-state index contributed by atoms with van der Waals surface area (Å²) in [5, 5.41) is 2.02. The second-order valence-corrected chi connectivity index (χ2v) is 7.39. The molecule has 0 radical (unpaired) electrons. The number of hydrogen-bond acceptors (Lipinski definition) is 3. The lowest BCUT2D eigenvalue weighted by atomic mass is 9.96. The van der Waals surface area contributed by atoms with E-state index in [9.17, 15) is 9.18 Å². The number of likely N-dealkylation sites (N-methyl/N-ethyl adjacent to an activating group) is 1. The zero-order valence-corrected chi connectivity index (χ0v) is 14.8. The van der Waals surface area contributed by atoms with Crippen molar-refractivity contribution in [2.24, 2.45) is 0 Å². The zero-order chi connectivity index (χ0) is 17.1. The summed E-state index contributed by atoms with van der Waals surface area (Å²) in [7, 11) is 1.88. The molecule has 3 nitrogen and oxygen atoms in total. The SMILES string of the molecule is Cc1sccc1CC(=O)N(C)[C@H]1CCO[C@@H](c2ccc(F)cc2)C1. The Labute approximate surface area is 146 Å². The fourth-order valence-corrected chi connectivity index (χ4v) is 3.85. The number of amides is 1. The topological polar surface area (TPSA) is 29.5 Å². The van der Waals surface area contributed by atoms with Crippen LogP contribution in [-0.4, -0.2) is 30.5 Å². The van der Waals surface area contributed by atoms with Crippen LogP contribution in [0.5, 0.6) is 0 Å². The number of nitrogens with zero attached hydrogens (tertiary/aromatic N) is 1. The van der Waals surface area contributed by atoms with Gasteiger partial charge in [-0.15, -0.1) is 11.3 Å². The van der Waals surface area contributed by atoms with Gasteiger partial charge in [-0.1, -0.05) is 12.1 Å². The van der Waals surface area contributed by atoms with Gasteiger partial charge < -0.3 is 9.64 Å². The molecule has 24 heavy (non-hydrogen) atoms. The second kappa shape index (κ2) is 7.45. The van der Waals surface area contributed by atoms with Gasteiger partial charge in [0.15, 0.2) is 0 Å². The molecule has 5 heteroatoms. The molecule has 0 saturated carbocycles. The first-order chi connectivity index (χ1) is 11.5. The first kappa shape index (κ1) is 17.1. The Morgan fingerprint density at radius 1 is 1.33 bits per heavy atom. The van der Waals surface area contributed by atoms with Gasteiger partial charge >= 0.3 is 0 Å². The Morgan fingerprint density at radius 2 is 2.08 bits per heavy atom. The zero-order valence-electron chi connectivity index (χ0n) is 14.0. The maximum absolute atomic E-state index is 13.1. The first-order valence-electron chi connectivity index (χ1n) is 8.20. The molecular weight excluding hydrogens is 325 g/mol. The van der Waals surface area contributed by atoms with Crippen molar-refractivity contribution in [1.29, 1.82) is 0 Å². The molecule has 2 aromatic rings. The van der Waals surface area contributed by atoms with E-state index in [2.05, 4.69) is 0 Å². The number of ether oxygens (including phenoxy) is 1. The summed E-state index contributed by atoms with van der Waals surface area (Å²) in [5.74, 6) is -0.106. The molecular formula is C19H22FNO2S. The average molecular weight is 347 g/mol. The summed E-state index contributed by atoms with van der Waals surface area (Å²) < 4.78 is 18.9. The summed E-state index contributed by atoms with van der Waals surface area (Å²) in [4.78, 5) is 15.6. The highest BCUT2D eigenvalue weighted by atomic mass is 32.1. The normalized spacial score (nSPS) is 20.8. The standard InChI is InChI=1S/C19H22FNO2S/c1-13-15(8-10-24-13)11-19(22)21(2)17-7-9-23-18(12-17)14-3-5-16(20)6-4-14/h3-6,8,10,17-18H,7,9,11-12H2,1-2H3/t17-,18+/m0/s1. The van der Waals surface area contributed by atoms with Gasteiger partial charge in [0.05, 0.1) is 12.5 Å². The van der Waals surface area contributed by atoms with Crippen molar-refractivity contribution in [2.75, 3.05) is 13.7 Å². The van der Waals surface area contributed by atoms with Crippen molar-refractivity contribution in [3.8, 4) is 0 Å². The van der Waals surface area contributed by atoms with E-state index in [1.807, 2.05) is 30.3 Å². The molecule has 1 fully saturated rings. The van der Waals surface area contributed by atoms with Gasteiger partial charge in [0, 0.05) is 24.6 Å². The number of thiophene rings is 1. The van der Waals surface area contributed by atoms with Crippen molar-refractivity contribution >= 4 is 17.2 Å². The predicted octanol–water partition coefficient (Wildman–Crippen LogP) is 4.12. The minimum atomic E-state index is -0.246. The Morgan fingerprint density at radius 3 is 2.75 bits per heavy atom. The molecule has 0 N–H and O–H groups in total. The van der Waals surface area contributed by atoms with Crippen LogP contribution in [0.1, 0.15) is 34.9 Å². The highest BCUT2D eigenvalue weighted by Gasteiger charge is 2.29. The Bertz CT molecular complexity index is 698. The van der Waals surface area contributed by atoms with E-state index in [0.29, 0.717) is 13.0 Å². The summed E-state index contributed by atoms with van der Waals surface area (Å²) >= 11 is 1.67. The number of rotatable bonds is 4. The van der Waals surface area contributed by atoms with E-state index >= 15 is 0 Å². The molecule has 1 saturated heterocycles. The predicted molar refractivity (Wildman–Crippen MR) is 93.6 cm³/mol. The van der Waals surface area contributed by atoms with Crippen LogP contribution in [0.3, 0.4) is 0 Å². The van der Waals surface area contributed by atoms with Gasteiger partial charge in [-0.2, -0.15) is 0 Å². The fraction of sp³-hybridized carbons (Fsp3) is 0.421. The van der Waals surface area contributed by atoms with E-state index < -0.39 is 0 Å². The third-order valence-corrected chi connectivity index (χ3v) is 5.64. The molecule has 1 aliphatic rings. The summed E-state index contributed by atoms with van der Waals surface area (Å²) in [6.07, 6.45) is 1.95. The highest BCUT2D eigenvalue weighted by Crippen LogP contribution is 2.30. The van der Waals surface area contributed by atoms with E-state index in [0.717, 1.165) is 24.0 Å². The molecule has 0 bridgehead atoms. The van der Waals surface area contributed by atoms with Crippen LogP contribution < -0.4 is 0 Å². The monoisotopic (exact) mass is 347 g/mol. The lowest BCUT2D eigenvalue weighted by Gasteiger charge is -2.35. The Balaban J connectivity index is 1.64. The lowest BCUT2D eigenvalue weighted by Crippen LogP contribution is -2.42. The minimum Gasteiger partial charge on any atom is -0.373 e. The molecule has 0 unspecified atom stereocenters. The number of aryl methyl sites for hydroxylation is 1. The van der Waals surface area contributed by atoms with Crippen molar-refractivity contribution in [3.63, 3.8) is 0 Å². The summed E-state index contributed by atoms with van der Waals surface area (Å²) in [6, 6.07) is 8.61. The fourth-order valence-electron chi connectivity index (χ4n) is 3.13. The number of halogens is 1. The van der Waals surface area contributed by atoms with E-state index in [4.69, 9.17) is 4.74 Å². The summed E-state index contributed by atoms with van der Waals surface area (Å²) in [6.45, 7) is 2.66. The van der Waals surface area contributed by atoms with Crippen LogP contribution in [-0.2, 0) is 16.0 Å². The van der Waals surface area contributed by atoms with Crippen molar-refractivity contribution in [1.82, 2.24) is 4.90 Å². The van der Waals surface area contributed by atoms with Crippen LogP contribution in [0.25, 0.3) is 0 Å². The third kappa shape index (κ3) is 3.84. The van der Waals surface area contributed by atoms with Crippen LogP contribution >= 0.6 is 11.3 Å². The number of carbonyl (C=O) groups excluding carboxylic acids is 1. The largest absolute Gasteiger partial charge is 0.373 e. The maximum Gasteiger partial charge on any atom is 0.227 e. The second-order valence-electron chi connectivity index (χ2n) is 6.27. The van der Waals surface area contributed by atoms with Crippen LogP contribution in [0, 0.1) is 12.7 Å². The molecule has 2 heterocycles. The van der Waals surface area contributed by atoms with E-state index in [1.54, 1.807) is 23.5 Å². The van der Waals surface area contributed by atoms with Gasteiger partial charge in [0.25, 0.3) is 0 Å². The molecule has 3 rings (SSSR count). The van der Waals surface area contributed by atoms with E-state index in [-0.39, 0.29) is 23.9 Å². The average Bonchev–Trinajstić information content (AvgIpc) is 3.00. The van der Waals surface area contributed by atoms with Gasteiger partial charge in [-0.3, -0.25) is 4.79 Å². The van der Waals surface area contributed by atoms with Crippen molar-refractivity contribution < 1.29 is 13.9 Å². The molecule has 1 aliphatic heterocycles. The third-order valence-electron chi connectivity index (χ3n) is 4.75. The van der Waals surface area contributed by atoms with Crippen LogP contribution in [0.2, 0.25) is 0 Å². The lowest BCUT2D eigenvalue weighted by molar-refractivity contribution is -0.134. The highest BCUT2D eigenvalue weighted by molar-refractivity contribution is 7.10. The van der Waals surface area contributed by atoms with Crippen molar-refractivity contribution in [2.45, 2.75) is 38.3 Å². The molecule has 128 valence electrons. The van der Waals surface area contributed by atoms with Gasteiger partial charge in [0.1, 0.15) is 5.82 Å². The molecule has 0 spiro atoms. The molecule has 0 aliphatic carbocycles. The van der Waals surface area contributed by atoms with Crippen molar-refractivity contribution in [3.05, 3.63) is 57.5 Å². The van der Waals surface area contributed by atoms with E-state index in [1.165, 1.54) is 17.0 Å². The smallest absolute Gasteiger partial charge is 0.227 e. The quantitative estimate of drug-likeness (QED) is 0.833. The molecule has 1 aromatic heterocycles. The van der Waals surface area contributed by atoms with Crippen LogP contribution in [0.15, 0.2) is 35.7 Å². The van der Waals surface area contributed by atoms with Gasteiger partial charge in [-0.25, -0.2) is 4.39 Å². The number of hydrogen-bond donors (Lipinski definition) is 0. The Kier molecular flexibility index (Phi) is 5.31.